The van der Waals surface area contributed by atoms with Crippen LogP contribution in [0.15, 0.2) is 60.3 Å². The third kappa shape index (κ3) is 6.60. The Morgan fingerprint density at radius 3 is 1.06 bits per heavy atom. The summed E-state index contributed by atoms with van der Waals surface area (Å²) in [6.07, 6.45) is 0. The number of hydrogen-bond donors (Lipinski definition) is 0. The van der Waals surface area contributed by atoms with Crippen LogP contribution in [0.4, 0.5) is 0 Å². The van der Waals surface area contributed by atoms with Gasteiger partial charge in [-0.2, -0.15) is 0 Å². The molecule has 0 N–H and O–H groups in total. The Hall–Kier alpha value is -4.37. The van der Waals surface area contributed by atoms with Crippen LogP contribution in [0.25, 0.3) is 43.1 Å². The van der Waals surface area contributed by atoms with Crippen LogP contribution in [0.5, 0.6) is 23.0 Å². The predicted molar refractivity (Wildman–Crippen MR) is 234 cm³/mol. The molecule has 0 bridgehead atoms. The summed E-state index contributed by atoms with van der Waals surface area (Å²) in [5.74, 6) is 10.9. The van der Waals surface area contributed by atoms with Crippen LogP contribution in [0.3, 0.4) is 0 Å². The zero-order chi connectivity index (χ0) is 39.0. The minimum absolute atomic E-state index is 0.393. The normalized spacial score (nSPS) is 12.1. The molecule has 5 aromatic carbocycles. The molecule has 278 valence electrons. The molecule has 5 aromatic rings. The molecule has 4 nitrogen and oxygen atoms in total. The molecule has 5 rings (SSSR count). The van der Waals surface area contributed by atoms with Gasteiger partial charge in [0.15, 0.2) is 8.07 Å². The van der Waals surface area contributed by atoms with Gasteiger partial charge in [0.05, 0.1) is 28.4 Å². The van der Waals surface area contributed by atoms with Crippen LogP contribution in [0, 0.1) is 22.9 Å². The Labute approximate surface area is 320 Å². The SMILES string of the molecule is C=C(C)[Si](C#Cc1c2cc3c(OC)ccc(OC)c3cc2c(C#C[Si](CC)(C(C)C)C(C)C)c2cc3c(OC)ccc(OC)c3cc12)(C(C)C)C(C)C. The van der Waals surface area contributed by atoms with Crippen molar-refractivity contribution in [2.75, 3.05) is 28.4 Å². The Balaban J connectivity index is 2.17. The monoisotopic (exact) mass is 742 g/mol. The molecule has 0 fully saturated rings. The molecule has 0 aliphatic heterocycles. The van der Waals surface area contributed by atoms with Crippen molar-refractivity contribution >= 4 is 59.2 Å². The first kappa shape index (κ1) is 39.8. The van der Waals surface area contributed by atoms with Crippen molar-refractivity contribution < 1.29 is 18.9 Å². The molecule has 0 heterocycles. The number of methoxy groups -OCH3 is 4. The van der Waals surface area contributed by atoms with E-state index in [2.05, 4.69) is 123 Å². The van der Waals surface area contributed by atoms with Crippen LogP contribution >= 0.6 is 0 Å². The highest BCUT2D eigenvalue weighted by atomic mass is 28.3. The van der Waals surface area contributed by atoms with Gasteiger partial charge >= 0.3 is 0 Å². The van der Waals surface area contributed by atoms with E-state index in [1.165, 1.54) is 5.20 Å². The molecule has 0 spiro atoms. The maximum absolute atomic E-state index is 5.97. The highest BCUT2D eigenvalue weighted by Crippen LogP contribution is 2.45. The third-order valence-electron chi connectivity index (χ3n) is 12.1. The zero-order valence-corrected chi connectivity index (χ0v) is 36.5. The fourth-order valence-corrected chi connectivity index (χ4v) is 17.5. The van der Waals surface area contributed by atoms with Crippen molar-refractivity contribution in [2.24, 2.45) is 0 Å². The minimum atomic E-state index is -2.31. The molecule has 0 radical (unpaired) electrons. The quantitative estimate of drug-likeness (QED) is 0.0811. The Kier molecular flexibility index (Phi) is 11.7. The summed E-state index contributed by atoms with van der Waals surface area (Å²) >= 11 is 0. The number of hydrogen-bond acceptors (Lipinski definition) is 4. The molecular formula is C47H58O4Si2. The van der Waals surface area contributed by atoms with Gasteiger partial charge in [-0.25, -0.2) is 0 Å². The van der Waals surface area contributed by atoms with E-state index in [9.17, 15) is 0 Å². The summed E-state index contributed by atoms with van der Waals surface area (Å²) in [5, 5.41) is 9.30. The van der Waals surface area contributed by atoms with Gasteiger partial charge in [-0.3, -0.25) is 0 Å². The summed E-state index contributed by atoms with van der Waals surface area (Å²) in [4.78, 5) is 0. The summed E-state index contributed by atoms with van der Waals surface area (Å²) in [6.45, 7) is 27.7. The van der Waals surface area contributed by atoms with Gasteiger partial charge in [-0.1, -0.05) is 79.4 Å². The second-order valence-electron chi connectivity index (χ2n) is 15.7. The summed E-state index contributed by atoms with van der Waals surface area (Å²) in [7, 11) is 2.56. The van der Waals surface area contributed by atoms with E-state index in [4.69, 9.17) is 18.9 Å². The summed E-state index contributed by atoms with van der Waals surface area (Å²) < 4.78 is 23.9. The number of ether oxygens (including phenoxy) is 4. The molecule has 0 unspecified atom stereocenters. The molecule has 0 saturated carbocycles. The first-order valence-corrected chi connectivity index (χ1v) is 23.5. The minimum Gasteiger partial charge on any atom is -0.496 e. The zero-order valence-electron chi connectivity index (χ0n) is 34.5. The van der Waals surface area contributed by atoms with Gasteiger partial charge < -0.3 is 18.9 Å². The van der Waals surface area contributed by atoms with E-state index in [0.29, 0.717) is 22.2 Å². The molecule has 53 heavy (non-hydrogen) atoms. The van der Waals surface area contributed by atoms with Crippen molar-refractivity contribution in [1.29, 1.82) is 0 Å². The lowest BCUT2D eigenvalue weighted by atomic mass is 9.88. The van der Waals surface area contributed by atoms with Crippen LogP contribution in [0.2, 0.25) is 28.2 Å². The average Bonchev–Trinajstić information content (AvgIpc) is 3.12. The van der Waals surface area contributed by atoms with Crippen LogP contribution in [-0.2, 0) is 0 Å². The van der Waals surface area contributed by atoms with Gasteiger partial charge in [-0.15, -0.1) is 17.7 Å². The molecule has 6 heteroatoms. The smallest absolute Gasteiger partial charge is 0.169 e. The second-order valence-corrected chi connectivity index (χ2v) is 26.2. The number of fused-ring (bicyclic) bond motifs is 4. The molecule has 0 aliphatic carbocycles. The van der Waals surface area contributed by atoms with Crippen LogP contribution < -0.4 is 18.9 Å². The van der Waals surface area contributed by atoms with Gasteiger partial charge in [0.2, 0.25) is 0 Å². The van der Waals surface area contributed by atoms with E-state index in [1.807, 2.05) is 24.3 Å². The lowest BCUT2D eigenvalue weighted by molar-refractivity contribution is 0.410. The largest absolute Gasteiger partial charge is 0.496 e. The van der Waals surface area contributed by atoms with Gasteiger partial charge in [-0.05, 0) is 105 Å². The van der Waals surface area contributed by atoms with E-state index in [0.717, 1.165) is 83.3 Å². The maximum atomic E-state index is 5.97. The second kappa shape index (κ2) is 15.5. The lowest BCUT2D eigenvalue weighted by Gasteiger charge is -2.34. The summed E-state index contributed by atoms with van der Waals surface area (Å²) in [5.41, 5.74) is 11.8. The van der Waals surface area contributed by atoms with E-state index in [-0.39, 0.29) is 0 Å². The van der Waals surface area contributed by atoms with Gasteiger partial charge in [0, 0.05) is 32.7 Å². The Bertz CT molecular complexity index is 2220. The Morgan fingerprint density at radius 1 is 0.528 bits per heavy atom. The maximum Gasteiger partial charge on any atom is 0.169 e. The van der Waals surface area contributed by atoms with Crippen molar-refractivity contribution in [3.63, 3.8) is 0 Å². The fraction of sp³-hybridized carbons (Fsp3) is 0.404. The van der Waals surface area contributed by atoms with E-state index in [1.54, 1.807) is 28.4 Å². The lowest BCUT2D eigenvalue weighted by Crippen LogP contribution is -2.41. The third-order valence-corrected chi connectivity index (χ3v) is 23.6. The molecule has 0 saturated heterocycles. The molecule has 0 atom stereocenters. The van der Waals surface area contributed by atoms with Crippen LogP contribution in [-0.4, -0.2) is 44.6 Å². The van der Waals surface area contributed by atoms with Crippen molar-refractivity contribution in [1.82, 2.24) is 0 Å². The molecular weight excluding hydrogens is 685 g/mol. The van der Waals surface area contributed by atoms with Crippen LogP contribution in [0.1, 0.15) is 80.4 Å². The number of allylic oxidation sites excluding steroid dienone is 1. The highest BCUT2D eigenvalue weighted by Gasteiger charge is 2.40. The summed E-state index contributed by atoms with van der Waals surface area (Å²) in [6, 6.07) is 18.0. The molecule has 0 amide bonds. The molecule has 0 aliphatic rings. The number of benzene rings is 5. The topological polar surface area (TPSA) is 36.9 Å². The standard InChI is InChI=1S/C47H58O4Si2/c1-16-52(29(2)3,30(4)5)23-21-34-36-25-40-42(46(50-14)19-17-44(40)48-12)27-38(36)35(22-24-53(31(6)7,32(8)9)33(10)11)39-28-43-41(26-37(34)39)45(49-13)18-20-47(43)51-15/h17-20,25-30,32-33H,6,16H2,1-5,7-15H3. The van der Waals surface area contributed by atoms with Crippen molar-refractivity contribution in [3.05, 3.63) is 71.4 Å². The first-order valence-electron chi connectivity index (χ1n) is 19.0. The Morgan fingerprint density at radius 2 is 0.830 bits per heavy atom. The van der Waals surface area contributed by atoms with E-state index < -0.39 is 16.1 Å². The number of rotatable bonds is 10. The molecule has 0 aromatic heterocycles. The van der Waals surface area contributed by atoms with E-state index >= 15 is 0 Å². The fourth-order valence-electron chi connectivity index (χ4n) is 9.03. The van der Waals surface area contributed by atoms with Gasteiger partial charge in [0.25, 0.3) is 0 Å². The first-order chi connectivity index (χ1) is 25.2. The predicted octanol–water partition coefficient (Wildman–Crippen LogP) is 12.8. The van der Waals surface area contributed by atoms with Gasteiger partial charge in [0.1, 0.15) is 31.1 Å². The van der Waals surface area contributed by atoms with Crippen molar-refractivity contribution in [2.45, 2.75) is 97.4 Å². The average molecular weight is 743 g/mol. The van der Waals surface area contributed by atoms with Crippen molar-refractivity contribution in [3.8, 4) is 45.9 Å². The highest BCUT2D eigenvalue weighted by molar-refractivity contribution is 6.95.